The minimum Gasteiger partial charge on any atom is -0.294 e. The summed E-state index contributed by atoms with van der Waals surface area (Å²) in [7, 11) is 0. The summed E-state index contributed by atoms with van der Waals surface area (Å²) in [5, 5.41) is 0. The predicted octanol–water partition coefficient (Wildman–Crippen LogP) is 2.88. The van der Waals surface area contributed by atoms with E-state index in [4.69, 9.17) is 0 Å². The normalized spacial score (nSPS) is 33.5. The van der Waals surface area contributed by atoms with Gasteiger partial charge in [-0.2, -0.15) is 0 Å². The molecule has 0 N–H and O–H groups in total. The van der Waals surface area contributed by atoms with Gasteiger partial charge in [-0.25, -0.2) is 0 Å². The molecule has 13 heavy (non-hydrogen) atoms. The largest absolute Gasteiger partial charge is 0.294 e. The molecule has 1 heteroatoms. The Bertz CT molecular complexity index is 296. The first-order valence-corrected chi connectivity index (χ1v) is 5.31. The van der Waals surface area contributed by atoms with Gasteiger partial charge >= 0.3 is 0 Å². The van der Waals surface area contributed by atoms with Crippen LogP contribution < -0.4 is 0 Å². The number of carbonyl (C=O) groups excluding carboxylic acids is 1. The third kappa shape index (κ3) is 1.37. The van der Waals surface area contributed by atoms with Gasteiger partial charge in [0.15, 0.2) is 5.78 Å². The van der Waals surface area contributed by atoms with Gasteiger partial charge in [0, 0.05) is 12.0 Å². The maximum absolute atomic E-state index is 11.3. The molecule has 70 valence electrons. The van der Waals surface area contributed by atoms with E-state index in [1.807, 2.05) is 13.8 Å². The van der Waals surface area contributed by atoms with Crippen LogP contribution in [0.2, 0.25) is 0 Å². The van der Waals surface area contributed by atoms with E-state index in [-0.39, 0.29) is 0 Å². The van der Waals surface area contributed by atoms with Gasteiger partial charge in [0.1, 0.15) is 0 Å². The summed E-state index contributed by atoms with van der Waals surface area (Å²) in [5.41, 5.74) is 2.40. The van der Waals surface area contributed by atoms with Gasteiger partial charge in [0.25, 0.3) is 0 Å². The van der Waals surface area contributed by atoms with E-state index in [1.165, 1.54) is 12.0 Å². The van der Waals surface area contributed by atoms with Crippen LogP contribution in [0.1, 0.15) is 33.1 Å². The first kappa shape index (κ1) is 8.74. The van der Waals surface area contributed by atoms with Crippen LogP contribution in [0.4, 0.5) is 0 Å². The summed E-state index contributed by atoms with van der Waals surface area (Å²) in [5.74, 6) is 1.91. The SMILES string of the molecule is CC.O=C1CCC2=CC3CC3C=C12. The summed E-state index contributed by atoms with van der Waals surface area (Å²) >= 11 is 0. The van der Waals surface area contributed by atoms with Gasteiger partial charge < -0.3 is 0 Å². The highest BCUT2D eigenvalue weighted by Gasteiger charge is 2.40. The minimum atomic E-state index is 0.376. The summed E-state index contributed by atoms with van der Waals surface area (Å²) in [6.45, 7) is 4.00. The molecule has 3 rings (SSSR count). The lowest BCUT2D eigenvalue weighted by atomic mass is 10.0. The van der Waals surface area contributed by atoms with E-state index < -0.39 is 0 Å². The van der Waals surface area contributed by atoms with Gasteiger partial charge in [0.05, 0.1) is 0 Å². The molecule has 0 aromatic rings. The average molecular weight is 176 g/mol. The monoisotopic (exact) mass is 176 g/mol. The van der Waals surface area contributed by atoms with Crippen molar-refractivity contribution in [2.45, 2.75) is 33.1 Å². The molecule has 0 aromatic heterocycles. The molecule has 2 unspecified atom stereocenters. The number of fused-ring (bicyclic) bond motifs is 2. The summed E-state index contributed by atoms with van der Waals surface area (Å²) in [6, 6.07) is 0. The van der Waals surface area contributed by atoms with Crippen molar-refractivity contribution in [1.82, 2.24) is 0 Å². The fourth-order valence-electron chi connectivity index (χ4n) is 2.16. The van der Waals surface area contributed by atoms with Gasteiger partial charge in [-0.3, -0.25) is 4.79 Å². The molecule has 1 nitrogen and oxygen atoms in total. The van der Waals surface area contributed by atoms with Gasteiger partial charge in [-0.1, -0.05) is 26.0 Å². The minimum absolute atomic E-state index is 0.376. The maximum Gasteiger partial charge on any atom is 0.163 e. The number of hydrogen-bond donors (Lipinski definition) is 0. The van der Waals surface area contributed by atoms with Crippen LogP contribution in [-0.4, -0.2) is 5.78 Å². The molecule has 0 radical (unpaired) electrons. The van der Waals surface area contributed by atoms with E-state index in [9.17, 15) is 4.79 Å². The zero-order valence-electron chi connectivity index (χ0n) is 8.34. The van der Waals surface area contributed by atoms with Crippen molar-refractivity contribution in [3.05, 3.63) is 23.3 Å². The number of ketones is 1. The Hall–Kier alpha value is -0.850. The van der Waals surface area contributed by atoms with Gasteiger partial charge in [-0.05, 0) is 30.3 Å². The molecule has 0 amide bonds. The molecule has 0 bridgehead atoms. The Morgan fingerprint density at radius 1 is 1.15 bits per heavy atom. The Labute approximate surface area is 79.5 Å². The fraction of sp³-hybridized carbons (Fsp3) is 0.583. The molecule has 0 heterocycles. The van der Waals surface area contributed by atoms with Crippen LogP contribution in [0.3, 0.4) is 0 Å². The van der Waals surface area contributed by atoms with Crippen LogP contribution >= 0.6 is 0 Å². The standard InChI is InChI=1S/C10H10O.C2H6/c11-10-2-1-6-3-7-4-8(7)5-9(6)10;1-2/h3,5,7-8H,1-2,4H2;1-2H3. The smallest absolute Gasteiger partial charge is 0.163 e. The van der Waals surface area contributed by atoms with E-state index in [0.717, 1.165) is 30.3 Å². The summed E-state index contributed by atoms with van der Waals surface area (Å²) in [4.78, 5) is 11.3. The Morgan fingerprint density at radius 3 is 2.62 bits per heavy atom. The predicted molar refractivity (Wildman–Crippen MR) is 53.4 cm³/mol. The van der Waals surface area contributed by atoms with E-state index in [2.05, 4.69) is 12.2 Å². The van der Waals surface area contributed by atoms with Crippen molar-refractivity contribution in [2.24, 2.45) is 11.8 Å². The molecule has 2 atom stereocenters. The van der Waals surface area contributed by atoms with E-state index in [0.29, 0.717) is 5.78 Å². The Kier molecular flexibility index (Phi) is 2.10. The maximum atomic E-state index is 11.3. The Morgan fingerprint density at radius 2 is 1.85 bits per heavy atom. The van der Waals surface area contributed by atoms with E-state index >= 15 is 0 Å². The first-order chi connectivity index (χ1) is 6.34. The third-order valence-corrected chi connectivity index (χ3v) is 2.95. The quantitative estimate of drug-likeness (QED) is 0.554. The number of carbonyl (C=O) groups is 1. The molecule has 3 aliphatic rings. The molecular weight excluding hydrogens is 160 g/mol. The zero-order valence-corrected chi connectivity index (χ0v) is 8.34. The summed E-state index contributed by atoms with van der Waals surface area (Å²) < 4.78 is 0. The van der Waals surface area contributed by atoms with Gasteiger partial charge in [-0.15, -0.1) is 0 Å². The van der Waals surface area contributed by atoms with Crippen molar-refractivity contribution in [2.75, 3.05) is 0 Å². The Balaban J connectivity index is 0.000000308. The van der Waals surface area contributed by atoms with Crippen LogP contribution in [-0.2, 0) is 4.79 Å². The van der Waals surface area contributed by atoms with Crippen LogP contribution in [0.25, 0.3) is 0 Å². The lowest BCUT2D eigenvalue weighted by Crippen LogP contribution is -1.97. The third-order valence-electron chi connectivity index (χ3n) is 2.95. The molecule has 0 spiro atoms. The fourth-order valence-corrected chi connectivity index (χ4v) is 2.16. The number of rotatable bonds is 0. The second kappa shape index (κ2) is 3.13. The van der Waals surface area contributed by atoms with Crippen molar-refractivity contribution < 1.29 is 4.79 Å². The summed E-state index contributed by atoms with van der Waals surface area (Å²) in [6.07, 6.45) is 7.59. The lowest BCUT2D eigenvalue weighted by Gasteiger charge is -2.03. The van der Waals surface area contributed by atoms with Crippen molar-refractivity contribution in [1.29, 1.82) is 0 Å². The van der Waals surface area contributed by atoms with Crippen LogP contribution in [0.15, 0.2) is 23.3 Å². The van der Waals surface area contributed by atoms with Crippen LogP contribution in [0.5, 0.6) is 0 Å². The number of Topliss-reactive ketones (excluding diaryl/α,β-unsaturated/α-hetero) is 1. The van der Waals surface area contributed by atoms with Crippen LogP contribution in [0, 0.1) is 11.8 Å². The van der Waals surface area contributed by atoms with E-state index in [1.54, 1.807) is 0 Å². The topological polar surface area (TPSA) is 17.1 Å². The van der Waals surface area contributed by atoms with Crippen molar-refractivity contribution in [3.8, 4) is 0 Å². The average Bonchev–Trinajstić information content (AvgIpc) is 2.85. The highest BCUT2D eigenvalue weighted by Crippen LogP contribution is 2.49. The number of hydrogen-bond acceptors (Lipinski definition) is 1. The molecule has 2 fully saturated rings. The zero-order chi connectivity index (χ0) is 9.42. The highest BCUT2D eigenvalue weighted by atomic mass is 16.1. The second-order valence-electron chi connectivity index (χ2n) is 3.76. The number of allylic oxidation sites excluding steroid dienone is 4. The molecule has 0 aliphatic heterocycles. The highest BCUT2D eigenvalue weighted by molar-refractivity contribution is 6.03. The molecule has 2 saturated carbocycles. The first-order valence-electron chi connectivity index (χ1n) is 5.31. The second-order valence-corrected chi connectivity index (χ2v) is 3.76. The molecular formula is C12H16O. The lowest BCUT2D eigenvalue weighted by molar-refractivity contribution is -0.114. The molecule has 0 aromatic carbocycles. The molecule has 0 saturated heterocycles. The molecule has 3 aliphatic carbocycles. The van der Waals surface area contributed by atoms with Crippen molar-refractivity contribution >= 4 is 5.78 Å². The van der Waals surface area contributed by atoms with Crippen molar-refractivity contribution in [3.63, 3.8) is 0 Å². The van der Waals surface area contributed by atoms with Gasteiger partial charge in [0.2, 0.25) is 0 Å².